The first-order chi connectivity index (χ1) is 9.08. The van der Waals surface area contributed by atoms with E-state index in [1.54, 1.807) is 12.3 Å². The van der Waals surface area contributed by atoms with Crippen LogP contribution in [-0.2, 0) is 0 Å². The molecule has 0 saturated heterocycles. The van der Waals surface area contributed by atoms with Crippen LogP contribution >= 0.6 is 0 Å². The van der Waals surface area contributed by atoms with Crippen LogP contribution in [0.15, 0.2) is 36.5 Å². The van der Waals surface area contributed by atoms with Crippen molar-refractivity contribution < 1.29 is 9.53 Å². The second-order valence-corrected chi connectivity index (χ2v) is 4.78. The molecule has 4 nitrogen and oxygen atoms in total. The van der Waals surface area contributed by atoms with Gasteiger partial charge < -0.3 is 4.74 Å². The highest BCUT2D eigenvalue weighted by atomic mass is 16.5. The quantitative estimate of drug-likeness (QED) is 0.846. The summed E-state index contributed by atoms with van der Waals surface area (Å²) in [4.78, 5) is 11.9. The Balaban J connectivity index is 2.05. The number of para-hydroxylation sites is 1. The third kappa shape index (κ3) is 3.22. The second-order valence-electron chi connectivity index (χ2n) is 4.78. The first kappa shape index (κ1) is 13.3. The van der Waals surface area contributed by atoms with Crippen LogP contribution in [0.2, 0.25) is 0 Å². The zero-order chi connectivity index (χ0) is 13.8. The maximum Gasteiger partial charge on any atom is 0.284 e. The summed E-state index contributed by atoms with van der Waals surface area (Å²) in [7, 11) is 0. The van der Waals surface area contributed by atoms with Gasteiger partial charge in [0.05, 0.1) is 5.69 Å². The third-order valence-electron chi connectivity index (χ3n) is 2.87. The molecule has 0 saturated carbocycles. The van der Waals surface area contributed by atoms with Gasteiger partial charge in [-0.15, -0.1) is 0 Å². The Morgan fingerprint density at radius 1 is 1.32 bits per heavy atom. The van der Waals surface area contributed by atoms with Gasteiger partial charge in [0.15, 0.2) is 6.61 Å². The van der Waals surface area contributed by atoms with Gasteiger partial charge in [-0.05, 0) is 30.5 Å². The molecule has 0 aliphatic heterocycles. The molecular weight excluding hydrogens is 240 g/mol. The highest BCUT2D eigenvalue weighted by Crippen LogP contribution is 2.25. The Morgan fingerprint density at radius 3 is 2.68 bits per heavy atom. The van der Waals surface area contributed by atoms with E-state index in [4.69, 9.17) is 4.74 Å². The molecule has 0 unspecified atom stereocenters. The van der Waals surface area contributed by atoms with Gasteiger partial charge in [0.2, 0.25) is 0 Å². The zero-order valence-corrected chi connectivity index (χ0v) is 11.5. The number of rotatable bonds is 4. The Labute approximate surface area is 113 Å². The topological polar surface area (TPSA) is 44.1 Å². The van der Waals surface area contributed by atoms with Crippen LogP contribution in [0.3, 0.4) is 0 Å². The van der Waals surface area contributed by atoms with Crippen LogP contribution in [0.25, 0.3) is 0 Å². The highest BCUT2D eigenvalue weighted by Gasteiger charge is 2.10. The van der Waals surface area contributed by atoms with Crippen molar-refractivity contribution in [1.82, 2.24) is 9.78 Å². The number of carbonyl (C=O) groups excluding carboxylic acids is 1. The van der Waals surface area contributed by atoms with Gasteiger partial charge in [0, 0.05) is 6.20 Å². The molecule has 0 aliphatic carbocycles. The molecule has 1 aromatic heterocycles. The molecular formula is C15H18N2O2. The monoisotopic (exact) mass is 258 g/mol. The van der Waals surface area contributed by atoms with E-state index < -0.39 is 0 Å². The van der Waals surface area contributed by atoms with Crippen molar-refractivity contribution in [3.8, 4) is 5.75 Å². The molecule has 0 N–H and O–H groups in total. The number of nitrogens with zero attached hydrogens (tertiary/aromatic N) is 2. The molecule has 0 atom stereocenters. The molecule has 0 amide bonds. The summed E-state index contributed by atoms with van der Waals surface area (Å²) in [6.07, 6.45) is 1.65. The summed E-state index contributed by atoms with van der Waals surface area (Å²) in [5, 5.41) is 4.07. The standard InChI is InChI=1S/C15H18N2O2/c1-11(2)13-6-4-5-7-14(13)19-10-15(18)17-9-8-12(3)16-17/h4-9,11H,10H2,1-3H3. The van der Waals surface area contributed by atoms with Crippen LogP contribution in [0.4, 0.5) is 0 Å². The Morgan fingerprint density at radius 2 is 2.05 bits per heavy atom. The van der Waals surface area contributed by atoms with Gasteiger partial charge >= 0.3 is 0 Å². The van der Waals surface area contributed by atoms with E-state index >= 15 is 0 Å². The lowest BCUT2D eigenvalue weighted by Gasteiger charge is -2.13. The minimum atomic E-state index is -0.174. The van der Waals surface area contributed by atoms with Crippen LogP contribution < -0.4 is 4.74 Å². The number of aryl methyl sites for hydroxylation is 1. The SMILES string of the molecule is Cc1ccn(C(=O)COc2ccccc2C(C)C)n1. The van der Waals surface area contributed by atoms with Gasteiger partial charge in [0.1, 0.15) is 5.75 Å². The number of carbonyl (C=O) groups is 1. The fraction of sp³-hybridized carbons (Fsp3) is 0.333. The van der Waals surface area contributed by atoms with Crippen LogP contribution in [-0.4, -0.2) is 22.3 Å². The smallest absolute Gasteiger partial charge is 0.284 e. The largest absolute Gasteiger partial charge is 0.483 e. The average molecular weight is 258 g/mol. The van der Waals surface area contributed by atoms with Crippen LogP contribution in [0.1, 0.15) is 35.8 Å². The van der Waals surface area contributed by atoms with E-state index in [2.05, 4.69) is 18.9 Å². The van der Waals surface area contributed by atoms with Gasteiger partial charge in [0.25, 0.3) is 5.91 Å². The molecule has 4 heteroatoms. The van der Waals surface area contributed by atoms with Crippen LogP contribution in [0, 0.1) is 6.92 Å². The van der Waals surface area contributed by atoms with Crippen molar-refractivity contribution in [3.63, 3.8) is 0 Å². The molecule has 19 heavy (non-hydrogen) atoms. The first-order valence-electron chi connectivity index (χ1n) is 6.35. The van der Waals surface area contributed by atoms with Gasteiger partial charge in [-0.25, -0.2) is 4.68 Å². The molecule has 0 spiro atoms. The molecule has 0 aliphatic rings. The molecule has 0 fully saturated rings. The number of aromatic nitrogens is 2. The lowest BCUT2D eigenvalue weighted by atomic mass is 10.0. The van der Waals surface area contributed by atoms with E-state index in [0.717, 1.165) is 17.0 Å². The third-order valence-corrected chi connectivity index (χ3v) is 2.87. The fourth-order valence-electron chi connectivity index (χ4n) is 1.85. The molecule has 0 bridgehead atoms. The molecule has 2 aromatic rings. The summed E-state index contributed by atoms with van der Waals surface area (Å²) < 4.78 is 6.93. The van der Waals surface area contributed by atoms with Crippen molar-refractivity contribution >= 4 is 5.91 Å². The minimum Gasteiger partial charge on any atom is -0.483 e. The number of ether oxygens (including phenoxy) is 1. The molecule has 1 aromatic carbocycles. The average Bonchev–Trinajstić information content (AvgIpc) is 2.83. The summed E-state index contributed by atoms with van der Waals surface area (Å²) in [6.45, 7) is 6.03. The predicted molar refractivity (Wildman–Crippen MR) is 73.6 cm³/mol. The number of hydrogen-bond donors (Lipinski definition) is 0. The van der Waals surface area contributed by atoms with Crippen molar-refractivity contribution in [3.05, 3.63) is 47.8 Å². The highest BCUT2D eigenvalue weighted by molar-refractivity contribution is 5.79. The molecule has 2 rings (SSSR count). The Kier molecular flexibility index (Phi) is 4.00. The van der Waals surface area contributed by atoms with Crippen molar-refractivity contribution in [2.45, 2.75) is 26.7 Å². The van der Waals surface area contributed by atoms with Crippen LogP contribution in [0.5, 0.6) is 5.75 Å². The maximum absolute atomic E-state index is 11.9. The summed E-state index contributed by atoms with van der Waals surface area (Å²) in [5.74, 6) is 0.944. The first-order valence-corrected chi connectivity index (χ1v) is 6.35. The molecule has 100 valence electrons. The normalized spacial score (nSPS) is 10.7. The van der Waals surface area contributed by atoms with Gasteiger partial charge in [-0.3, -0.25) is 4.79 Å². The van der Waals surface area contributed by atoms with E-state index in [-0.39, 0.29) is 12.5 Å². The lowest BCUT2D eigenvalue weighted by molar-refractivity contribution is 0.0820. The predicted octanol–water partition coefficient (Wildman–Crippen LogP) is 3.03. The summed E-state index contributed by atoms with van der Waals surface area (Å²) in [6, 6.07) is 9.57. The number of benzene rings is 1. The van der Waals surface area contributed by atoms with E-state index in [1.807, 2.05) is 31.2 Å². The van der Waals surface area contributed by atoms with Gasteiger partial charge in [-0.1, -0.05) is 32.0 Å². The van der Waals surface area contributed by atoms with E-state index in [9.17, 15) is 4.79 Å². The lowest BCUT2D eigenvalue weighted by Crippen LogP contribution is -2.20. The molecule has 1 heterocycles. The van der Waals surface area contributed by atoms with Crippen molar-refractivity contribution in [2.75, 3.05) is 6.61 Å². The second kappa shape index (κ2) is 5.69. The maximum atomic E-state index is 11.9. The van der Waals surface area contributed by atoms with Crippen molar-refractivity contribution in [1.29, 1.82) is 0 Å². The summed E-state index contributed by atoms with van der Waals surface area (Å²) >= 11 is 0. The Bertz CT molecular complexity index is 573. The summed E-state index contributed by atoms with van der Waals surface area (Å²) in [5.41, 5.74) is 1.92. The fourth-order valence-corrected chi connectivity index (χ4v) is 1.85. The van der Waals surface area contributed by atoms with E-state index in [0.29, 0.717) is 5.92 Å². The van der Waals surface area contributed by atoms with Crippen molar-refractivity contribution in [2.24, 2.45) is 0 Å². The number of hydrogen-bond acceptors (Lipinski definition) is 3. The van der Waals surface area contributed by atoms with E-state index in [1.165, 1.54) is 4.68 Å². The zero-order valence-electron chi connectivity index (χ0n) is 11.5. The minimum absolute atomic E-state index is 0.00907. The molecule has 0 radical (unpaired) electrons. The Hall–Kier alpha value is -2.10. The van der Waals surface area contributed by atoms with Gasteiger partial charge in [-0.2, -0.15) is 5.10 Å².